The van der Waals surface area contributed by atoms with Crippen molar-refractivity contribution in [3.63, 3.8) is 0 Å². The van der Waals surface area contributed by atoms with E-state index in [2.05, 4.69) is 10.3 Å². The highest BCUT2D eigenvalue weighted by Crippen LogP contribution is 2.36. The molecule has 1 aliphatic carbocycles. The molecule has 0 spiro atoms. The number of anilines is 1. The summed E-state index contributed by atoms with van der Waals surface area (Å²) in [4.78, 5) is 31.1. The lowest BCUT2D eigenvalue weighted by Crippen LogP contribution is -2.38. The summed E-state index contributed by atoms with van der Waals surface area (Å²) in [7, 11) is 0. The largest absolute Gasteiger partial charge is 0.353 e. The summed E-state index contributed by atoms with van der Waals surface area (Å²) >= 11 is 1.70. The number of fused-ring (bicyclic) bond motifs is 1. The summed E-state index contributed by atoms with van der Waals surface area (Å²) in [5.74, 6) is 0.871. The summed E-state index contributed by atoms with van der Waals surface area (Å²) in [5.41, 5.74) is 2.98. The van der Waals surface area contributed by atoms with Crippen LogP contribution in [0.5, 0.6) is 0 Å². The average molecular weight is 347 g/mol. The number of nitrogens with zero attached hydrogens (tertiary/aromatic N) is 2. The number of amides is 2. The van der Waals surface area contributed by atoms with E-state index < -0.39 is 0 Å². The van der Waals surface area contributed by atoms with Gasteiger partial charge in [-0.1, -0.05) is 12.8 Å². The van der Waals surface area contributed by atoms with Gasteiger partial charge in [-0.05, 0) is 38.3 Å². The van der Waals surface area contributed by atoms with Crippen molar-refractivity contribution in [3.05, 3.63) is 17.3 Å². The second kappa shape index (κ2) is 7.55. The van der Waals surface area contributed by atoms with Crippen molar-refractivity contribution in [2.75, 3.05) is 17.2 Å². The number of aromatic nitrogens is 1. The van der Waals surface area contributed by atoms with Crippen LogP contribution in [0.3, 0.4) is 0 Å². The van der Waals surface area contributed by atoms with Gasteiger partial charge in [0.15, 0.2) is 0 Å². The monoisotopic (exact) mass is 347 g/mol. The van der Waals surface area contributed by atoms with Gasteiger partial charge >= 0.3 is 0 Å². The highest BCUT2D eigenvalue weighted by molar-refractivity contribution is 7.99. The lowest BCUT2D eigenvalue weighted by atomic mass is 10.1. The van der Waals surface area contributed by atoms with Crippen LogP contribution in [0.2, 0.25) is 0 Å². The Bertz CT molecular complexity index is 641. The van der Waals surface area contributed by atoms with Crippen LogP contribution in [0.1, 0.15) is 49.8 Å². The fourth-order valence-electron chi connectivity index (χ4n) is 3.54. The topological polar surface area (TPSA) is 62.3 Å². The van der Waals surface area contributed by atoms with Crippen LogP contribution in [0.25, 0.3) is 0 Å². The summed E-state index contributed by atoms with van der Waals surface area (Å²) < 4.78 is 0. The Morgan fingerprint density at radius 3 is 2.79 bits per heavy atom. The standard InChI is InChI=1S/C18H25N3O2S/c1-12-11-13(2)19-18-17(12)21(9-10-24-18)16(23)8-7-15(22)20-14-5-3-4-6-14/h11,14H,3-10H2,1-2H3,(H,20,22). The van der Waals surface area contributed by atoms with Gasteiger partial charge in [0.25, 0.3) is 0 Å². The Balaban J connectivity index is 1.61. The third kappa shape index (κ3) is 3.91. The maximum Gasteiger partial charge on any atom is 0.227 e. The number of hydrogen-bond donors (Lipinski definition) is 1. The van der Waals surface area contributed by atoms with E-state index in [9.17, 15) is 9.59 Å². The van der Waals surface area contributed by atoms with Gasteiger partial charge in [-0.25, -0.2) is 4.98 Å². The van der Waals surface area contributed by atoms with Gasteiger partial charge in [-0.2, -0.15) is 0 Å². The van der Waals surface area contributed by atoms with Crippen molar-refractivity contribution >= 4 is 29.3 Å². The molecule has 0 atom stereocenters. The van der Waals surface area contributed by atoms with E-state index in [1.54, 1.807) is 11.8 Å². The van der Waals surface area contributed by atoms with Crippen molar-refractivity contribution < 1.29 is 9.59 Å². The van der Waals surface area contributed by atoms with E-state index >= 15 is 0 Å². The van der Waals surface area contributed by atoms with Crippen LogP contribution in [0, 0.1) is 13.8 Å². The number of pyridine rings is 1. The van der Waals surface area contributed by atoms with E-state index in [1.165, 1.54) is 12.8 Å². The molecule has 2 aliphatic rings. The molecule has 24 heavy (non-hydrogen) atoms. The first-order valence-corrected chi connectivity index (χ1v) is 9.74. The van der Waals surface area contributed by atoms with E-state index in [0.29, 0.717) is 12.6 Å². The van der Waals surface area contributed by atoms with Crippen molar-refractivity contribution in [2.45, 2.75) is 63.4 Å². The van der Waals surface area contributed by atoms with E-state index in [0.717, 1.165) is 40.6 Å². The minimum Gasteiger partial charge on any atom is -0.353 e. The SMILES string of the molecule is Cc1cc(C)c2c(n1)SCCN2C(=O)CCC(=O)NC1CCCC1. The Kier molecular flexibility index (Phi) is 5.43. The molecule has 5 nitrogen and oxygen atoms in total. The molecule has 0 radical (unpaired) electrons. The van der Waals surface area contributed by atoms with Crippen LogP contribution in [-0.2, 0) is 9.59 Å². The number of hydrogen-bond acceptors (Lipinski definition) is 4. The third-order valence-electron chi connectivity index (χ3n) is 4.69. The molecule has 1 aromatic rings. The molecule has 1 aliphatic heterocycles. The molecule has 1 N–H and O–H groups in total. The van der Waals surface area contributed by atoms with Crippen LogP contribution in [0.4, 0.5) is 5.69 Å². The first-order valence-electron chi connectivity index (χ1n) is 8.75. The molecule has 1 saturated carbocycles. The number of carbonyl (C=O) groups is 2. The molecule has 0 bridgehead atoms. The van der Waals surface area contributed by atoms with Gasteiger partial charge in [-0.3, -0.25) is 9.59 Å². The van der Waals surface area contributed by atoms with Crippen molar-refractivity contribution in [1.82, 2.24) is 10.3 Å². The summed E-state index contributed by atoms with van der Waals surface area (Å²) in [6.45, 7) is 4.68. The summed E-state index contributed by atoms with van der Waals surface area (Å²) in [6, 6.07) is 2.33. The van der Waals surface area contributed by atoms with Crippen LogP contribution >= 0.6 is 11.8 Å². The molecule has 130 valence electrons. The van der Waals surface area contributed by atoms with Crippen molar-refractivity contribution in [2.24, 2.45) is 0 Å². The van der Waals surface area contributed by atoms with Gasteiger partial charge in [0, 0.05) is 36.9 Å². The van der Waals surface area contributed by atoms with E-state index in [-0.39, 0.29) is 24.7 Å². The van der Waals surface area contributed by atoms with Crippen molar-refractivity contribution in [3.8, 4) is 0 Å². The van der Waals surface area contributed by atoms with Crippen LogP contribution in [-0.4, -0.2) is 35.1 Å². The molecule has 2 heterocycles. The fraction of sp³-hybridized carbons (Fsp3) is 0.611. The summed E-state index contributed by atoms with van der Waals surface area (Å²) in [5, 5.41) is 3.98. The molecule has 1 aromatic heterocycles. The highest BCUT2D eigenvalue weighted by Gasteiger charge is 2.26. The lowest BCUT2D eigenvalue weighted by molar-refractivity contribution is -0.125. The molecule has 3 rings (SSSR count). The second-order valence-corrected chi connectivity index (χ2v) is 7.76. The van der Waals surface area contributed by atoms with Crippen LogP contribution in [0.15, 0.2) is 11.1 Å². The number of rotatable bonds is 4. The van der Waals surface area contributed by atoms with Gasteiger partial charge < -0.3 is 10.2 Å². The predicted octanol–water partition coefficient (Wildman–Crippen LogP) is 2.98. The molecular formula is C18H25N3O2S. The summed E-state index contributed by atoms with van der Waals surface area (Å²) in [6.07, 6.45) is 5.06. The maximum atomic E-state index is 12.6. The van der Waals surface area contributed by atoms with Crippen molar-refractivity contribution in [1.29, 1.82) is 0 Å². The van der Waals surface area contributed by atoms with Gasteiger partial charge in [0.05, 0.1) is 5.69 Å². The van der Waals surface area contributed by atoms with Crippen LogP contribution < -0.4 is 10.2 Å². The first-order chi connectivity index (χ1) is 11.5. The fourth-order valence-corrected chi connectivity index (χ4v) is 4.63. The zero-order valence-corrected chi connectivity index (χ0v) is 15.2. The predicted molar refractivity (Wildman–Crippen MR) is 96.4 cm³/mol. The normalized spacial score (nSPS) is 17.7. The smallest absolute Gasteiger partial charge is 0.227 e. The quantitative estimate of drug-likeness (QED) is 0.909. The molecule has 0 saturated heterocycles. The molecule has 6 heteroatoms. The van der Waals surface area contributed by atoms with Gasteiger partial charge in [-0.15, -0.1) is 11.8 Å². The average Bonchev–Trinajstić information content (AvgIpc) is 3.04. The van der Waals surface area contributed by atoms with Gasteiger partial charge in [0.2, 0.25) is 11.8 Å². The number of nitrogens with one attached hydrogen (secondary N) is 1. The number of carbonyl (C=O) groups excluding carboxylic acids is 2. The zero-order valence-electron chi connectivity index (χ0n) is 14.4. The molecular weight excluding hydrogens is 322 g/mol. The molecule has 2 amide bonds. The zero-order chi connectivity index (χ0) is 17.1. The minimum atomic E-state index is 0.000566. The molecule has 1 fully saturated rings. The Labute approximate surface area is 147 Å². The van der Waals surface area contributed by atoms with E-state index in [1.807, 2.05) is 24.8 Å². The molecule has 0 aromatic carbocycles. The maximum absolute atomic E-state index is 12.6. The third-order valence-corrected chi connectivity index (χ3v) is 5.64. The number of aryl methyl sites for hydroxylation is 2. The van der Waals surface area contributed by atoms with Gasteiger partial charge in [0.1, 0.15) is 5.03 Å². The molecule has 0 unspecified atom stereocenters. The Morgan fingerprint density at radius 1 is 1.29 bits per heavy atom. The highest BCUT2D eigenvalue weighted by atomic mass is 32.2. The Morgan fingerprint density at radius 2 is 2.04 bits per heavy atom. The number of thioether (sulfide) groups is 1. The second-order valence-electron chi connectivity index (χ2n) is 6.68. The Hall–Kier alpha value is -1.56. The minimum absolute atomic E-state index is 0.000566. The first kappa shape index (κ1) is 17.3. The van der Waals surface area contributed by atoms with E-state index in [4.69, 9.17) is 0 Å². The lowest BCUT2D eigenvalue weighted by Gasteiger charge is -2.30.